The van der Waals surface area contributed by atoms with Crippen molar-refractivity contribution in [3.8, 4) is 0 Å². The van der Waals surface area contributed by atoms with Crippen LogP contribution in [0, 0.1) is 11.8 Å². The number of nitrogens with one attached hydrogen (secondary N) is 1. The molecule has 194 valence electrons. The van der Waals surface area contributed by atoms with Crippen molar-refractivity contribution in [2.45, 2.75) is 97.2 Å². The predicted molar refractivity (Wildman–Crippen MR) is 140 cm³/mol. The normalized spacial score (nSPS) is 16.1. The van der Waals surface area contributed by atoms with E-state index < -0.39 is 0 Å². The summed E-state index contributed by atoms with van der Waals surface area (Å²) in [5.41, 5.74) is 2.75. The second-order valence-electron chi connectivity index (χ2n) is 10.4. The van der Waals surface area contributed by atoms with E-state index in [9.17, 15) is 15.0 Å². The lowest BCUT2D eigenvalue weighted by Crippen LogP contribution is -2.42. The molecular weight excluding hydrogens is 462 g/mol. The van der Waals surface area contributed by atoms with Crippen LogP contribution >= 0.6 is 11.6 Å². The van der Waals surface area contributed by atoms with Crippen LogP contribution in [0.15, 0.2) is 24.3 Å². The van der Waals surface area contributed by atoms with Crippen molar-refractivity contribution < 1.29 is 15.0 Å². The number of aliphatic hydroxyl groups excluding tert-OH is 2. The summed E-state index contributed by atoms with van der Waals surface area (Å²) >= 11 is 6.30. The molecule has 2 aromatic rings. The molecule has 0 bridgehead atoms. The van der Waals surface area contributed by atoms with Crippen LogP contribution in [0.1, 0.15) is 94.3 Å². The van der Waals surface area contributed by atoms with Gasteiger partial charge in [-0.25, -0.2) is 4.98 Å². The number of rotatable bonds is 13. The quantitative estimate of drug-likeness (QED) is 0.350. The maximum absolute atomic E-state index is 13.4. The van der Waals surface area contributed by atoms with Gasteiger partial charge in [0.15, 0.2) is 5.15 Å². The standard InChI is InChI=1S/C28H42ClN3O3/c1-4-5-10-25-31-27(29)24(18-34)32(25)16-20-11-13-22(14-12-20)26(21-8-6-7-9-21)28(35)30-23(17-33)15-19(2)3/h11-14,19,21,23,26,33-34H,4-10,15-18H2,1-3H3,(H,30,35). The first-order valence-electron chi connectivity index (χ1n) is 13.2. The monoisotopic (exact) mass is 503 g/mol. The van der Waals surface area contributed by atoms with Gasteiger partial charge in [-0.15, -0.1) is 0 Å². The Morgan fingerprint density at radius 2 is 1.89 bits per heavy atom. The Hall–Kier alpha value is -1.89. The lowest BCUT2D eigenvalue weighted by molar-refractivity contribution is -0.124. The highest BCUT2D eigenvalue weighted by atomic mass is 35.5. The molecule has 2 unspecified atom stereocenters. The molecule has 7 heteroatoms. The predicted octanol–water partition coefficient (Wildman–Crippen LogP) is 5.22. The number of unbranched alkanes of at least 4 members (excludes halogenated alkanes) is 1. The topological polar surface area (TPSA) is 87.4 Å². The van der Waals surface area contributed by atoms with Crippen LogP contribution < -0.4 is 5.32 Å². The zero-order valence-electron chi connectivity index (χ0n) is 21.5. The average molecular weight is 504 g/mol. The SMILES string of the molecule is CCCCc1nc(Cl)c(CO)n1Cc1ccc(C(C(=O)NC(CO)CC(C)C)C2CCCC2)cc1. The number of carbonyl (C=O) groups excluding carboxylic acids is 1. The maximum Gasteiger partial charge on any atom is 0.228 e. The molecule has 1 saturated carbocycles. The molecule has 1 aliphatic carbocycles. The Kier molecular flexibility index (Phi) is 10.6. The number of hydrogen-bond acceptors (Lipinski definition) is 4. The minimum Gasteiger partial charge on any atom is -0.394 e. The third-order valence-corrected chi connectivity index (χ3v) is 7.47. The van der Waals surface area contributed by atoms with E-state index in [0.717, 1.165) is 68.3 Å². The van der Waals surface area contributed by atoms with E-state index in [1.54, 1.807) is 0 Å². The highest BCUT2D eigenvalue weighted by molar-refractivity contribution is 6.30. The van der Waals surface area contributed by atoms with Gasteiger partial charge in [-0.1, -0.05) is 75.9 Å². The van der Waals surface area contributed by atoms with Gasteiger partial charge in [-0.05, 0) is 48.6 Å². The molecule has 2 atom stereocenters. The Bertz CT molecular complexity index is 936. The van der Waals surface area contributed by atoms with Crippen LogP contribution in [0.4, 0.5) is 0 Å². The second kappa shape index (κ2) is 13.4. The molecule has 3 N–H and O–H groups in total. The van der Waals surface area contributed by atoms with Crippen molar-refractivity contribution in [2.75, 3.05) is 6.61 Å². The minimum absolute atomic E-state index is 0.0233. The zero-order chi connectivity index (χ0) is 25.4. The van der Waals surface area contributed by atoms with Crippen LogP contribution in [0.5, 0.6) is 0 Å². The molecule has 1 aromatic heterocycles. The van der Waals surface area contributed by atoms with Crippen LogP contribution in [0.3, 0.4) is 0 Å². The van der Waals surface area contributed by atoms with E-state index >= 15 is 0 Å². The van der Waals surface area contributed by atoms with Crippen molar-refractivity contribution in [3.63, 3.8) is 0 Å². The average Bonchev–Trinajstić information content (AvgIpc) is 3.46. The number of carbonyl (C=O) groups is 1. The summed E-state index contributed by atoms with van der Waals surface area (Å²) in [5.74, 6) is 1.44. The number of hydrogen-bond donors (Lipinski definition) is 3. The van der Waals surface area contributed by atoms with Crippen LogP contribution in [0.25, 0.3) is 0 Å². The first kappa shape index (κ1) is 27.7. The number of aromatic nitrogens is 2. The number of halogens is 1. The number of aliphatic hydroxyl groups is 2. The Labute approximate surface area is 215 Å². The molecule has 1 heterocycles. The van der Waals surface area contributed by atoms with E-state index in [-0.39, 0.29) is 31.1 Å². The summed E-state index contributed by atoms with van der Waals surface area (Å²) in [6, 6.07) is 8.06. The van der Waals surface area contributed by atoms with Crippen molar-refractivity contribution >= 4 is 17.5 Å². The Morgan fingerprint density at radius 3 is 2.46 bits per heavy atom. The van der Waals surface area contributed by atoms with Gasteiger partial charge >= 0.3 is 0 Å². The van der Waals surface area contributed by atoms with Crippen molar-refractivity contribution in [1.29, 1.82) is 0 Å². The molecule has 1 aromatic carbocycles. The number of imidazole rings is 1. The van der Waals surface area contributed by atoms with E-state index in [1.165, 1.54) is 0 Å². The number of aryl methyl sites for hydroxylation is 1. The zero-order valence-corrected chi connectivity index (χ0v) is 22.2. The van der Waals surface area contributed by atoms with E-state index in [1.807, 2.05) is 4.57 Å². The smallest absolute Gasteiger partial charge is 0.228 e. The molecule has 1 amide bonds. The molecular formula is C28H42ClN3O3. The maximum atomic E-state index is 13.4. The van der Waals surface area contributed by atoms with Gasteiger partial charge in [0.2, 0.25) is 5.91 Å². The summed E-state index contributed by atoms with van der Waals surface area (Å²) in [4.78, 5) is 17.9. The van der Waals surface area contributed by atoms with Crippen molar-refractivity contribution in [3.05, 3.63) is 52.1 Å². The molecule has 1 fully saturated rings. The van der Waals surface area contributed by atoms with Gasteiger partial charge in [0.05, 0.1) is 30.9 Å². The van der Waals surface area contributed by atoms with Crippen LogP contribution in [-0.2, 0) is 24.4 Å². The van der Waals surface area contributed by atoms with E-state index in [2.05, 4.69) is 55.3 Å². The number of amides is 1. The van der Waals surface area contributed by atoms with Gasteiger partial charge in [-0.3, -0.25) is 4.79 Å². The Morgan fingerprint density at radius 1 is 1.20 bits per heavy atom. The molecule has 0 saturated heterocycles. The minimum atomic E-state index is -0.213. The second-order valence-corrected chi connectivity index (χ2v) is 10.8. The molecule has 1 aliphatic rings. The molecule has 0 radical (unpaired) electrons. The van der Waals surface area contributed by atoms with Crippen LogP contribution in [-0.4, -0.2) is 38.3 Å². The fraction of sp³-hybridized carbons (Fsp3) is 0.643. The Balaban J connectivity index is 1.81. The first-order valence-corrected chi connectivity index (χ1v) is 13.6. The first-order chi connectivity index (χ1) is 16.9. The fourth-order valence-corrected chi connectivity index (χ4v) is 5.61. The summed E-state index contributed by atoms with van der Waals surface area (Å²) in [6.07, 6.45) is 8.10. The lowest BCUT2D eigenvalue weighted by atomic mass is 9.83. The summed E-state index contributed by atoms with van der Waals surface area (Å²) in [6.45, 7) is 6.74. The summed E-state index contributed by atoms with van der Waals surface area (Å²) in [5, 5.41) is 23.1. The van der Waals surface area contributed by atoms with E-state index in [4.69, 9.17) is 11.6 Å². The molecule has 35 heavy (non-hydrogen) atoms. The van der Waals surface area contributed by atoms with E-state index in [0.29, 0.717) is 29.2 Å². The lowest BCUT2D eigenvalue weighted by Gasteiger charge is -2.27. The van der Waals surface area contributed by atoms with Gasteiger partial charge in [0.1, 0.15) is 5.82 Å². The third kappa shape index (κ3) is 7.31. The molecule has 3 rings (SSSR count). The highest BCUT2D eigenvalue weighted by Gasteiger charge is 2.33. The largest absolute Gasteiger partial charge is 0.394 e. The molecule has 0 aliphatic heterocycles. The third-order valence-electron chi connectivity index (χ3n) is 7.16. The highest BCUT2D eigenvalue weighted by Crippen LogP contribution is 2.38. The van der Waals surface area contributed by atoms with Gasteiger partial charge in [0, 0.05) is 13.0 Å². The number of nitrogens with zero attached hydrogens (tertiary/aromatic N) is 2. The summed E-state index contributed by atoms with van der Waals surface area (Å²) < 4.78 is 2.02. The van der Waals surface area contributed by atoms with Crippen LogP contribution in [0.2, 0.25) is 5.15 Å². The molecule has 6 nitrogen and oxygen atoms in total. The summed E-state index contributed by atoms with van der Waals surface area (Å²) in [7, 11) is 0. The van der Waals surface area contributed by atoms with Gasteiger partial charge < -0.3 is 20.1 Å². The van der Waals surface area contributed by atoms with Gasteiger partial charge in [-0.2, -0.15) is 0 Å². The number of benzene rings is 1. The van der Waals surface area contributed by atoms with Gasteiger partial charge in [0.25, 0.3) is 0 Å². The molecule has 0 spiro atoms. The van der Waals surface area contributed by atoms with Crippen molar-refractivity contribution in [2.24, 2.45) is 11.8 Å². The van der Waals surface area contributed by atoms with Crippen molar-refractivity contribution in [1.82, 2.24) is 14.9 Å². The fourth-order valence-electron chi connectivity index (χ4n) is 5.35.